The molecule has 0 unspecified atom stereocenters. The number of rotatable bonds is 4. The van der Waals surface area contributed by atoms with Gasteiger partial charge in [0.25, 0.3) is 0 Å². The highest BCUT2D eigenvalue weighted by atomic mass is 35.5. The van der Waals surface area contributed by atoms with Gasteiger partial charge in [-0.2, -0.15) is 5.10 Å². The second kappa shape index (κ2) is 6.04. The predicted molar refractivity (Wildman–Crippen MR) is 79.8 cm³/mol. The van der Waals surface area contributed by atoms with E-state index in [2.05, 4.69) is 5.10 Å². The third kappa shape index (κ3) is 3.08. The lowest BCUT2D eigenvalue weighted by atomic mass is 10.2. The van der Waals surface area contributed by atoms with Crippen molar-refractivity contribution in [1.82, 2.24) is 9.78 Å². The minimum atomic E-state index is -0.127. The quantitative estimate of drug-likeness (QED) is 0.911. The Morgan fingerprint density at radius 3 is 2.35 bits per heavy atom. The van der Waals surface area contributed by atoms with Gasteiger partial charge in [-0.1, -0.05) is 23.2 Å². The van der Waals surface area contributed by atoms with Gasteiger partial charge in [-0.15, -0.1) is 0 Å². The van der Waals surface area contributed by atoms with Crippen LogP contribution in [0.2, 0.25) is 10.0 Å². The number of nitrogens with zero attached hydrogens (tertiary/aromatic N) is 2. The van der Waals surface area contributed by atoms with E-state index < -0.39 is 0 Å². The van der Waals surface area contributed by atoms with E-state index in [1.54, 1.807) is 22.9 Å². The number of hydrogen-bond donors (Lipinski definition) is 1. The summed E-state index contributed by atoms with van der Waals surface area (Å²) in [5.41, 5.74) is 1.40. The van der Waals surface area contributed by atoms with Crippen LogP contribution in [0.4, 0.5) is 0 Å². The Hall–Kier alpha value is -1.23. The van der Waals surface area contributed by atoms with Crippen LogP contribution in [0.15, 0.2) is 18.2 Å². The molecule has 0 aliphatic carbocycles. The summed E-state index contributed by atoms with van der Waals surface area (Å²) in [5.74, 6) is 1.12. The van der Waals surface area contributed by atoms with Crippen molar-refractivity contribution in [3.05, 3.63) is 39.5 Å². The first-order valence-corrected chi connectivity index (χ1v) is 7.00. The first-order valence-electron chi connectivity index (χ1n) is 6.25. The average molecular weight is 315 g/mol. The molecule has 0 aliphatic rings. The monoisotopic (exact) mass is 314 g/mol. The number of aliphatic hydroxyl groups is 1. The van der Waals surface area contributed by atoms with E-state index in [9.17, 15) is 5.11 Å². The van der Waals surface area contributed by atoms with Crippen LogP contribution in [0.3, 0.4) is 0 Å². The largest absolute Gasteiger partial charge is 0.439 e. The smallest absolute Gasteiger partial charge is 0.221 e. The summed E-state index contributed by atoms with van der Waals surface area (Å²) in [6.45, 7) is 5.72. The summed E-state index contributed by atoms with van der Waals surface area (Å²) in [7, 11) is 0. The Balaban J connectivity index is 2.44. The Morgan fingerprint density at radius 2 is 1.85 bits per heavy atom. The SMILES string of the molecule is Cc1c(CO)nn(C(C)C)c1Oc1cc(Cl)cc(Cl)c1. The van der Waals surface area contributed by atoms with Crippen LogP contribution in [0, 0.1) is 6.92 Å². The summed E-state index contributed by atoms with van der Waals surface area (Å²) in [4.78, 5) is 0. The molecule has 0 radical (unpaired) electrons. The highest BCUT2D eigenvalue weighted by Crippen LogP contribution is 2.32. The second-order valence-corrected chi connectivity index (χ2v) is 5.65. The van der Waals surface area contributed by atoms with E-state index in [-0.39, 0.29) is 12.6 Å². The fraction of sp³-hybridized carbons (Fsp3) is 0.357. The molecular formula is C14H16Cl2N2O2. The van der Waals surface area contributed by atoms with E-state index in [0.717, 1.165) is 5.56 Å². The lowest BCUT2D eigenvalue weighted by molar-refractivity contribution is 0.273. The first kappa shape index (κ1) is 15.2. The van der Waals surface area contributed by atoms with Crippen molar-refractivity contribution in [3.8, 4) is 11.6 Å². The summed E-state index contributed by atoms with van der Waals surface area (Å²) in [5, 5.41) is 14.7. The maximum atomic E-state index is 9.32. The molecule has 0 bridgehead atoms. The number of benzene rings is 1. The second-order valence-electron chi connectivity index (χ2n) is 4.78. The van der Waals surface area contributed by atoms with Gasteiger partial charge in [0.2, 0.25) is 5.88 Å². The number of ether oxygens (including phenoxy) is 1. The summed E-state index contributed by atoms with van der Waals surface area (Å²) < 4.78 is 7.60. The molecule has 0 saturated carbocycles. The zero-order valence-corrected chi connectivity index (χ0v) is 13.0. The molecular weight excluding hydrogens is 299 g/mol. The van der Waals surface area contributed by atoms with Gasteiger partial charge in [-0.3, -0.25) is 0 Å². The molecule has 20 heavy (non-hydrogen) atoms. The van der Waals surface area contributed by atoms with E-state index in [1.807, 2.05) is 20.8 Å². The van der Waals surface area contributed by atoms with E-state index in [1.165, 1.54) is 0 Å². The Kier molecular flexibility index (Phi) is 4.58. The summed E-state index contributed by atoms with van der Waals surface area (Å²) in [6.07, 6.45) is 0. The molecule has 0 saturated heterocycles. The maximum absolute atomic E-state index is 9.32. The Bertz CT molecular complexity index is 604. The molecule has 1 aromatic heterocycles. The average Bonchev–Trinajstić information content (AvgIpc) is 2.65. The number of halogens is 2. The molecule has 0 fully saturated rings. The molecule has 1 aromatic carbocycles. The van der Waals surface area contributed by atoms with Crippen LogP contribution < -0.4 is 4.74 Å². The summed E-state index contributed by atoms with van der Waals surface area (Å²) >= 11 is 11.9. The van der Waals surface area contributed by atoms with E-state index in [4.69, 9.17) is 27.9 Å². The lowest BCUT2D eigenvalue weighted by Crippen LogP contribution is -2.05. The van der Waals surface area contributed by atoms with Gasteiger partial charge in [-0.25, -0.2) is 4.68 Å². The number of hydrogen-bond acceptors (Lipinski definition) is 3. The normalized spacial score (nSPS) is 11.2. The molecule has 108 valence electrons. The minimum Gasteiger partial charge on any atom is -0.439 e. The van der Waals surface area contributed by atoms with Crippen LogP contribution >= 0.6 is 23.2 Å². The molecule has 0 amide bonds. The van der Waals surface area contributed by atoms with Crippen molar-refractivity contribution in [1.29, 1.82) is 0 Å². The number of aliphatic hydroxyl groups excluding tert-OH is 1. The van der Waals surface area contributed by atoms with Crippen molar-refractivity contribution < 1.29 is 9.84 Å². The zero-order valence-electron chi connectivity index (χ0n) is 11.5. The van der Waals surface area contributed by atoms with Gasteiger partial charge in [-0.05, 0) is 39.0 Å². The molecule has 0 spiro atoms. The van der Waals surface area contributed by atoms with Crippen molar-refractivity contribution in [2.75, 3.05) is 0 Å². The maximum Gasteiger partial charge on any atom is 0.221 e. The fourth-order valence-electron chi connectivity index (χ4n) is 1.87. The van der Waals surface area contributed by atoms with Gasteiger partial charge >= 0.3 is 0 Å². The number of aromatic nitrogens is 2. The molecule has 0 aliphatic heterocycles. The van der Waals surface area contributed by atoms with E-state index >= 15 is 0 Å². The highest BCUT2D eigenvalue weighted by Gasteiger charge is 2.18. The summed E-state index contributed by atoms with van der Waals surface area (Å²) in [6, 6.07) is 5.12. The Labute approximate surface area is 127 Å². The predicted octanol–water partition coefficient (Wildman–Crippen LogP) is 4.36. The molecule has 2 rings (SSSR count). The van der Waals surface area contributed by atoms with Gasteiger partial charge in [0.1, 0.15) is 5.75 Å². The Morgan fingerprint density at radius 1 is 1.25 bits per heavy atom. The van der Waals surface area contributed by atoms with Gasteiger partial charge in [0, 0.05) is 15.6 Å². The standard InChI is InChI=1S/C14H16Cl2N2O2/c1-8(2)18-14(9(3)13(7-19)17-18)20-12-5-10(15)4-11(16)6-12/h4-6,8,19H,7H2,1-3H3. The van der Waals surface area contributed by atoms with Crippen molar-refractivity contribution in [2.24, 2.45) is 0 Å². The van der Waals surface area contributed by atoms with Crippen molar-refractivity contribution in [2.45, 2.75) is 33.4 Å². The van der Waals surface area contributed by atoms with Crippen LogP contribution in [-0.4, -0.2) is 14.9 Å². The topological polar surface area (TPSA) is 47.3 Å². The van der Waals surface area contributed by atoms with Gasteiger partial charge in [0.05, 0.1) is 18.3 Å². The van der Waals surface area contributed by atoms with Crippen molar-refractivity contribution in [3.63, 3.8) is 0 Å². The van der Waals surface area contributed by atoms with Gasteiger partial charge < -0.3 is 9.84 Å². The molecule has 1 heterocycles. The first-order chi connectivity index (χ1) is 9.42. The van der Waals surface area contributed by atoms with Crippen LogP contribution in [0.1, 0.15) is 31.1 Å². The van der Waals surface area contributed by atoms with Crippen LogP contribution in [-0.2, 0) is 6.61 Å². The molecule has 1 N–H and O–H groups in total. The molecule has 0 atom stereocenters. The van der Waals surface area contributed by atoms with Crippen LogP contribution in [0.25, 0.3) is 0 Å². The third-order valence-electron chi connectivity index (χ3n) is 2.88. The lowest BCUT2D eigenvalue weighted by Gasteiger charge is -2.13. The molecule has 4 nitrogen and oxygen atoms in total. The molecule has 2 aromatic rings. The van der Waals surface area contributed by atoms with Gasteiger partial charge in [0.15, 0.2) is 0 Å². The van der Waals surface area contributed by atoms with E-state index in [0.29, 0.717) is 27.4 Å². The fourth-order valence-corrected chi connectivity index (χ4v) is 2.37. The van der Waals surface area contributed by atoms with Crippen LogP contribution in [0.5, 0.6) is 11.6 Å². The highest BCUT2D eigenvalue weighted by molar-refractivity contribution is 6.34. The minimum absolute atomic E-state index is 0.110. The third-order valence-corrected chi connectivity index (χ3v) is 3.32. The molecule has 6 heteroatoms. The zero-order chi connectivity index (χ0) is 14.9. The van der Waals surface area contributed by atoms with Crippen molar-refractivity contribution >= 4 is 23.2 Å².